The second kappa shape index (κ2) is 7.41. The summed E-state index contributed by atoms with van der Waals surface area (Å²) >= 11 is 0. The zero-order valence-corrected chi connectivity index (χ0v) is 15.1. The molecule has 6 nitrogen and oxygen atoms in total. The van der Waals surface area contributed by atoms with Crippen molar-refractivity contribution in [2.75, 3.05) is 7.11 Å². The first-order valence-electron chi connectivity index (χ1n) is 8.23. The zero-order chi connectivity index (χ0) is 19.6. The number of methoxy groups -OCH3 is 1. The standard InChI is InChI=1S/C20H18FN3O3/c1-12(22-17-7-5-4-6-16(17)20(26)27-3)18-13(2)23-24(19(18)25)15-10-8-14(21)9-11-15/h4-11,23H,1-3H3. The summed E-state index contributed by atoms with van der Waals surface area (Å²) in [4.78, 5) is 29.2. The first-order chi connectivity index (χ1) is 12.9. The molecule has 0 unspecified atom stereocenters. The summed E-state index contributed by atoms with van der Waals surface area (Å²) in [6.45, 7) is 3.45. The number of aromatic nitrogens is 2. The maximum atomic E-state index is 13.1. The number of halogens is 1. The van der Waals surface area contributed by atoms with Crippen LogP contribution in [0.5, 0.6) is 0 Å². The van der Waals surface area contributed by atoms with Gasteiger partial charge in [0.1, 0.15) is 5.82 Å². The molecule has 2 aromatic carbocycles. The third-order valence-corrected chi connectivity index (χ3v) is 4.12. The number of nitrogens with zero attached hydrogens (tertiary/aromatic N) is 2. The molecule has 0 bridgehead atoms. The van der Waals surface area contributed by atoms with Crippen LogP contribution in [-0.2, 0) is 4.74 Å². The molecule has 0 aliphatic rings. The van der Waals surface area contributed by atoms with Crippen molar-refractivity contribution in [2.45, 2.75) is 13.8 Å². The minimum absolute atomic E-state index is 0.309. The molecule has 0 radical (unpaired) electrons. The first kappa shape index (κ1) is 18.3. The molecule has 3 aromatic rings. The predicted octanol–water partition coefficient (Wildman–Crippen LogP) is 3.54. The number of nitrogens with one attached hydrogen (secondary N) is 1. The lowest BCUT2D eigenvalue weighted by Gasteiger charge is -2.04. The van der Waals surface area contributed by atoms with Gasteiger partial charge in [-0.2, -0.15) is 0 Å². The number of rotatable bonds is 4. The summed E-state index contributed by atoms with van der Waals surface area (Å²) in [5.41, 5.74) is 2.38. The molecule has 0 aliphatic carbocycles. The first-order valence-corrected chi connectivity index (χ1v) is 8.23. The maximum Gasteiger partial charge on any atom is 0.340 e. The quantitative estimate of drug-likeness (QED) is 0.566. The molecule has 27 heavy (non-hydrogen) atoms. The van der Waals surface area contributed by atoms with E-state index in [1.165, 1.54) is 36.1 Å². The van der Waals surface area contributed by atoms with Crippen LogP contribution in [-0.4, -0.2) is 28.6 Å². The molecule has 0 saturated heterocycles. The Hall–Kier alpha value is -3.48. The van der Waals surface area contributed by atoms with Crippen LogP contribution < -0.4 is 5.56 Å². The molecule has 138 valence electrons. The Kier molecular flexibility index (Phi) is 5.03. The van der Waals surface area contributed by atoms with E-state index in [1.807, 2.05) is 0 Å². The number of esters is 1. The van der Waals surface area contributed by atoms with Gasteiger partial charge in [0.25, 0.3) is 5.56 Å². The highest BCUT2D eigenvalue weighted by molar-refractivity contribution is 6.03. The van der Waals surface area contributed by atoms with Crippen LogP contribution >= 0.6 is 0 Å². The average molecular weight is 367 g/mol. The number of aromatic amines is 1. The number of benzene rings is 2. The van der Waals surface area contributed by atoms with Crippen molar-refractivity contribution in [1.29, 1.82) is 0 Å². The number of carbonyl (C=O) groups excluding carboxylic acids is 1. The molecule has 0 aliphatic heterocycles. The topological polar surface area (TPSA) is 76.4 Å². The summed E-state index contributed by atoms with van der Waals surface area (Å²) < 4.78 is 19.2. The largest absolute Gasteiger partial charge is 0.465 e. The van der Waals surface area contributed by atoms with Crippen LogP contribution in [0.1, 0.15) is 28.5 Å². The van der Waals surface area contributed by atoms with Crippen molar-refractivity contribution in [3.8, 4) is 5.69 Å². The Labute approximate surface area is 154 Å². The number of para-hydroxylation sites is 1. The van der Waals surface area contributed by atoms with Crippen LogP contribution in [0, 0.1) is 12.7 Å². The lowest BCUT2D eigenvalue weighted by atomic mass is 10.1. The number of hydrogen-bond acceptors (Lipinski definition) is 4. The number of aliphatic imine (C=N–C) groups is 1. The van der Waals surface area contributed by atoms with Gasteiger partial charge in [-0.25, -0.2) is 13.9 Å². The molecule has 0 fully saturated rings. The van der Waals surface area contributed by atoms with E-state index in [-0.39, 0.29) is 11.4 Å². The van der Waals surface area contributed by atoms with Gasteiger partial charge in [-0.05, 0) is 50.2 Å². The van der Waals surface area contributed by atoms with Gasteiger partial charge < -0.3 is 4.74 Å². The van der Waals surface area contributed by atoms with Gasteiger partial charge in [-0.3, -0.25) is 14.9 Å². The molecule has 7 heteroatoms. The molecule has 0 saturated carbocycles. The Bertz CT molecular complexity index is 1080. The predicted molar refractivity (Wildman–Crippen MR) is 101 cm³/mol. The Morgan fingerprint density at radius 1 is 1.15 bits per heavy atom. The van der Waals surface area contributed by atoms with Gasteiger partial charge in [-0.1, -0.05) is 12.1 Å². The maximum absolute atomic E-state index is 13.1. The molecule has 0 amide bonds. The molecule has 3 rings (SSSR count). The Balaban J connectivity index is 2.08. The van der Waals surface area contributed by atoms with Crippen molar-refractivity contribution < 1.29 is 13.9 Å². The van der Waals surface area contributed by atoms with E-state index in [4.69, 9.17) is 4.74 Å². The zero-order valence-electron chi connectivity index (χ0n) is 15.1. The van der Waals surface area contributed by atoms with Crippen LogP contribution in [0.15, 0.2) is 58.3 Å². The third-order valence-electron chi connectivity index (χ3n) is 4.12. The Morgan fingerprint density at radius 3 is 2.48 bits per heavy atom. The van der Waals surface area contributed by atoms with Crippen molar-refractivity contribution in [3.05, 3.63) is 81.5 Å². The fourth-order valence-electron chi connectivity index (χ4n) is 2.83. The van der Waals surface area contributed by atoms with Crippen LogP contribution in [0.25, 0.3) is 5.69 Å². The van der Waals surface area contributed by atoms with Crippen LogP contribution in [0.4, 0.5) is 10.1 Å². The highest BCUT2D eigenvalue weighted by atomic mass is 19.1. The van der Waals surface area contributed by atoms with E-state index in [2.05, 4.69) is 10.1 Å². The van der Waals surface area contributed by atoms with E-state index in [9.17, 15) is 14.0 Å². The van der Waals surface area contributed by atoms with Gasteiger partial charge in [-0.15, -0.1) is 0 Å². The normalized spacial score (nSPS) is 11.5. The van der Waals surface area contributed by atoms with Gasteiger partial charge in [0.05, 0.1) is 35.3 Å². The molecule has 1 N–H and O–H groups in total. The molecule has 0 atom stereocenters. The molecular formula is C20H18FN3O3. The second-order valence-corrected chi connectivity index (χ2v) is 5.93. The number of hydrogen-bond donors (Lipinski definition) is 1. The molecule has 1 heterocycles. The van der Waals surface area contributed by atoms with Gasteiger partial charge in [0.15, 0.2) is 0 Å². The van der Waals surface area contributed by atoms with Gasteiger partial charge in [0.2, 0.25) is 0 Å². The highest BCUT2D eigenvalue weighted by Gasteiger charge is 2.17. The molecule has 1 aromatic heterocycles. The summed E-state index contributed by atoms with van der Waals surface area (Å²) in [7, 11) is 1.30. The lowest BCUT2D eigenvalue weighted by molar-refractivity contribution is 0.0601. The second-order valence-electron chi connectivity index (χ2n) is 5.93. The van der Waals surface area contributed by atoms with Crippen molar-refractivity contribution in [1.82, 2.24) is 9.78 Å². The van der Waals surface area contributed by atoms with E-state index in [0.717, 1.165) is 0 Å². The van der Waals surface area contributed by atoms with E-state index < -0.39 is 5.97 Å². The van der Waals surface area contributed by atoms with E-state index in [0.29, 0.717) is 33.9 Å². The fourth-order valence-corrected chi connectivity index (χ4v) is 2.83. The van der Waals surface area contributed by atoms with Crippen LogP contribution in [0.2, 0.25) is 0 Å². The number of aryl methyl sites for hydroxylation is 1. The van der Waals surface area contributed by atoms with Gasteiger partial charge >= 0.3 is 5.97 Å². The Morgan fingerprint density at radius 2 is 1.81 bits per heavy atom. The fraction of sp³-hybridized carbons (Fsp3) is 0.150. The third kappa shape index (κ3) is 3.57. The van der Waals surface area contributed by atoms with Crippen molar-refractivity contribution >= 4 is 17.4 Å². The summed E-state index contributed by atoms with van der Waals surface area (Å²) in [5, 5.41) is 2.97. The molecule has 0 spiro atoms. The van der Waals surface area contributed by atoms with Crippen LogP contribution in [0.3, 0.4) is 0 Å². The average Bonchev–Trinajstić information content (AvgIpc) is 2.96. The monoisotopic (exact) mass is 367 g/mol. The lowest BCUT2D eigenvalue weighted by Crippen LogP contribution is -2.19. The minimum Gasteiger partial charge on any atom is -0.465 e. The van der Waals surface area contributed by atoms with Crippen molar-refractivity contribution in [3.63, 3.8) is 0 Å². The SMILES string of the molecule is COC(=O)c1ccccc1N=C(C)c1c(C)[nH]n(-c2ccc(F)cc2)c1=O. The summed E-state index contributed by atoms with van der Waals surface area (Å²) in [6.07, 6.45) is 0. The smallest absolute Gasteiger partial charge is 0.340 e. The van der Waals surface area contributed by atoms with E-state index in [1.54, 1.807) is 38.1 Å². The summed E-state index contributed by atoms with van der Waals surface area (Å²) in [6, 6.07) is 12.3. The van der Waals surface area contributed by atoms with Gasteiger partial charge in [0, 0.05) is 5.69 Å². The van der Waals surface area contributed by atoms with E-state index >= 15 is 0 Å². The number of H-pyrrole nitrogens is 1. The highest BCUT2D eigenvalue weighted by Crippen LogP contribution is 2.21. The minimum atomic E-state index is -0.503. The summed E-state index contributed by atoms with van der Waals surface area (Å²) in [5.74, 6) is -0.885. The number of carbonyl (C=O) groups is 1. The van der Waals surface area contributed by atoms with Crippen molar-refractivity contribution in [2.24, 2.45) is 4.99 Å². The number of ether oxygens (including phenoxy) is 1. The molecular weight excluding hydrogens is 349 g/mol.